The van der Waals surface area contributed by atoms with Crippen molar-refractivity contribution in [1.82, 2.24) is 4.72 Å². The van der Waals surface area contributed by atoms with E-state index in [1.54, 1.807) is 0 Å². The van der Waals surface area contributed by atoms with Crippen LogP contribution in [0, 0.1) is 12.7 Å². The summed E-state index contributed by atoms with van der Waals surface area (Å²) in [6.45, 7) is 4.63. The number of benzene rings is 1. The van der Waals surface area contributed by atoms with E-state index in [0.29, 0.717) is 13.2 Å². The van der Waals surface area contributed by atoms with E-state index in [-0.39, 0.29) is 29.1 Å². The number of aryl methyl sites for hydroxylation is 1. The van der Waals surface area contributed by atoms with E-state index in [1.807, 2.05) is 0 Å². The Morgan fingerprint density at radius 3 is 2.67 bits per heavy atom. The summed E-state index contributed by atoms with van der Waals surface area (Å²) in [5, 5.41) is 0. The number of sulfonamides is 1. The number of halogens is 1. The van der Waals surface area contributed by atoms with Crippen molar-refractivity contribution in [1.29, 1.82) is 0 Å². The standard InChI is InChI=1S/C14H23FN2O3S/c1-3-4-6-20-7-5-17-21(18,19)13-8-11(2)14(15)12(9-13)10-16/h8-9,17H,3-7,10,16H2,1-2H3. The van der Waals surface area contributed by atoms with Crippen molar-refractivity contribution in [2.45, 2.75) is 38.1 Å². The highest BCUT2D eigenvalue weighted by molar-refractivity contribution is 7.89. The lowest BCUT2D eigenvalue weighted by Gasteiger charge is -2.10. The Morgan fingerprint density at radius 1 is 1.33 bits per heavy atom. The minimum absolute atomic E-state index is 0.0235. The molecule has 1 rings (SSSR count). The van der Waals surface area contributed by atoms with E-state index in [4.69, 9.17) is 10.5 Å². The van der Waals surface area contributed by atoms with Crippen molar-refractivity contribution in [3.8, 4) is 0 Å². The Kier molecular flexibility index (Phi) is 7.24. The highest BCUT2D eigenvalue weighted by atomic mass is 32.2. The van der Waals surface area contributed by atoms with Gasteiger partial charge in [0.1, 0.15) is 5.82 Å². The first-order valence-corrected chi connectivity index (χ1v) is 8.47. The SMILES string of the molecule is CCCCOCCNS(=O)(=O)c1cc(C)c(F)c(CN)c1. The molecule has 0 aliphatic rings. The molecule has 0 fully saturated rings. The Hall–Kier alpha value is -1.02. The highest BCUT2D eigenvalue weighted by Gasteiger charge is 2.17. The van der Waals surface area contributed by atoms with Crippen molar-refractivity contribution in [3.05, 3.63) is 29.1 Å². The van der Waals surface area contributed by atoms with E-state index in [0.717, 1.165) is 12.8 Å². The quantitative estimate of drug-likeness (QED) is 0.679. The molecular formula is C14H23FN2O3S. The lowest BCUT2D eigenvalue weighted by Crippen LogP contribution is -2.28. The largest absolute Gasteiger partial charge is 0.380 e. The van der Waals surface area contributed by atoms with Crippen LogP contribution < -0.4 is 10.5 Å². The van der Waals surface area contributed by atoms with Crippen LogP contribution in [0.1, 0.15) is 30.9 Å². The normalized spacial score (nSPS) is 11.8. The third-order valence-corrected chi connectivity index (χ3v) is 4.45. The lowest BCUT2D eigenvalue weighted by molar-refractivity contribution is 0.136. The van der Waals surface area contributed by atoms with Gasteiger partial charge in [-0.2, -0.15) is 0 Å². The molecule has 0 atom stereocenters. The fourth-order valence-corrected chi connectivity index (χ4v) is 2.94. The van der Waals surface area contributed by atoms with Crippen LogP contribution >= 0.6 is 0 Å². The third kappa shape index (κ3) is 5.35. The average Bonchev–Trinajstić information content (AvgIpc) is 2.45. The zero-order chi connectivity index (χ0) is 15.9. The van der Waals surface area contributed by atoms with Crippen molar-refractivity contribution in [2.24, 2.45) is 5.73 Å². The van der Waals surface area contributed by atoms with Gasteiger partial charge in [0.15, 0.2) is 0 Å². The van der Waals surface area contributed by atoms with Gasteiger partial charge in [0.05, 0.1) is 11.5 Å². The molecule has 0 aliphatic heterocycles. The van der Waals surface area contributed by atoms with E-state index in [9.17, 15) is 12.8 Å². The number of nitrogens with one attached hydrogen (secondary N) is 1. The Bertz CT molecular complexity index is 562. The van der Waals surface area contributed by atoms with Gasteiger partial charge in [-0.3, -0.25) is 0 Å². The molecule has 0 amide bonds. The maximum atomic E-state index is 13.7. The third-order valence-electron chi connectivity index (χ3n) is 3.01. The molecule has 0 bridgehead atoms. The molecule has 0 aromatic heterocycles. The molecule has 0 saturated heterocycles. The molecular weight excluding hydrogens is 295 g/mol. The summed E-state index contributed by atoms with van der Waals surface area (Å²) >= 11 is 0. The molecule has 1 aromatic carbocycles. The molecule has 7 heteroatoms. The van der Waals surface area contributed by atoms with Crippen LogP contribution in [0.25, 0.3) is 0 Å². The molecule has 1 aromatic rings. The highest BCUT2D eigenvalue weighted by Crippen LogP contribution is 2.18. The van der Waals surface area contributed by atoms with Gasteiger partial charge in [-0.25, -0.2) is 17.5 Å². The first-order valence-electron chi connectivity index (χ1n) is 6.99. The van der Waals surface area contributed by atoms with E-state index < -0.39 is 15.8 Å². The zero-order valence-corrected chi connectivity index (χ0v) is 13.3. The molecule has 120 valence electrons. The topological polar surface area (TPSA) is 81.4 Å². The van der Waals surface area contributed by atoms with Gasteiger partial charge in [0, 0.05) is 25.3 Å². The van der Waals surface area contributed by atoms with Crippen molar-refractivity contribution < 1.29 is 17.5 Å². The number of nitrogens with two attached hydrogens (primary N) is 1. The fraction of sp³-hybridized carbons (Fsp3) is 0.571. The van der Waals surface area contributed by atoms with Crippen LogP contribution in [-0.2, 0) is 21.3 Å². The number of hydrogen-bond donors (Lipinski definition) is 2. The predicted molar refractivity (Wildman–Crippen MR) is 79.9 cm³/mol. The summed E-state index contributed by atoms with van der Waals surface area (Å²) in [7, 11) is -3.68. The van der Waals surface area contributed by atoms with E-state index in [1.165, 1.54) is 19.1 Å². The van der Waals surface area contributed by atoms with Crippen LogP contribution in [0.3, 0.4) is 0 Å². The minimum atomic E-state index is -3.68. The van der Waals surface area contributed by atoms with Crippen molar-refractivity contribution >= 4 is 10.0 Å². The first kappa shape index (κ1) is 18.0. The first-order chi connectivity index (χ1) is 9.92. The van der Waals surface area contributed by atoms with Crippen molar-refractivity contribution in [2.75, 3.05) is 19.8 Å². The summed E-state index contributed by atoms with van der Waals surface area (Å²) in [5.74, 6) is -0.459. The van der Waals surface area contributed by atoms with Gasteiger partial charge in [0.2, 0.25) is 10.0 Å². The number of hydrogen-bond acceptors (Lipinski definition) is 4. The molecule has 21 heavy (non-hydrogen) atoms. The monoisotopic (exact) mass is 318 g/mol. The maximum Gasteiger partial charge on any atom is 0.240 e. The Morgan fingerprint density at radius 2 is 2.05 bits per heavy atom. The lowest BCUT2D eigenvalue weighted by atomic mass is 10.1. The van der Waals surface area contributed by atoms with Crippen LogP contribution in [0.2, 0.25) is 0 Å². The second-order valence-electron chi connectivity index (χ2n) is 4.78. The smallest absolute Gasteiger partial charge is 0.240 e. The van der Waals surface area contributed by atoms with Crippen molar-refractivity contribution in [3.63, 3.8) is 0 Å². The van der Waals surface area contributed by atoms with Crippen LogP contribution in [0.15, 0.2) is 17.0 Å². The zero-order valence-electron chi connectivity index (χ0n) is 12.5. The summed E-state index contributed by atoms with van der Waals surface area (Å²) in [6, 6.07) is 2.57. The van der Waals surface area contributed by atoms with Gasteiger partial charge in [-0.1, -0.05) is 13.3 Å². The Balaban J connectivity index is 2.68. The molecule has 3 N–H and O–H groups in total. The van der Waals surface area contributed by atoms with Gasteiger partial charge in [-0.15, -0.1) is 0 Å². The molecule has 0 saturated carbocycles. The summed E-state index contributed by atoms with van der Waals surface area (Å²) in [6.07, 6.45) is 1.98. The fourth-order valence-electron chi connectivity index (χ4n) is 1.79. The molecule has 0 unspecified atom stereocenters. The van der Waals surface area contributed by atoms with E-state index >= 15 is 0 Å². The Labute approximate surface area is 125 Å². The molecule has 0 heterocycles. The molecule has 0 spiro atoms. The van der Waals surface area contributed by atoms with Gasteiger partial charge >= 0.3 is 0 Å². The van der Waals surface area contributed by atoms with Crippen LogP contribution in [-0.4, -0.2) is 28.2 Å². The van der Waals surface area contributed by atoms with Crippen LogP contribution in [0.5, 0.6) is 0 Å². The number of rotatable bonds is 9. The average molecular weight is 318 g/mol. The second kappa shape index (κ2) is 8.43. The van der Waals surface area contributed by atoms with Gasteiger partial charge < -0.3 is 10.5 Å². The number of ether oxygens (including phenoxy) is 1. The molecule has 5 nitrogen and oxygen atoms in total. The molecule has 0 aliphatic carbocycles. The summed E-state index contributed by atoms with van der Waals surface area (Å²) < 4.78 is 45.6. The molecule has 0 radical (unpaired) electrons. The second-order valence-corrected chi connectivity index (χ2v) is 6.55. The van der Waals surface area contributed by atoms with Crippen LogP contribution in [0.4, 0.5) is 4.39 Å². The number of unbranched alkanes of at least 4 members (excludes halogenated alkanes) is 1. The van der Waals surface area contributed by atoms with E-state index in [2.05, 4.69) is 11.6 Å². The van der Waals surface area contributed by atoms with Gasteiger partial charge in [-0.05, 0) is 31.0 Å². The van der Waals surface area contributed by atoms with Gasteiger partial charge in [0.25, 0.3) is 0 Å². The summed E-state index contributed by atoms with van der Waals surface area (Å²) in [4.78, 5) is 0.0235. The summed E-state index contributed by atoms with van der Waals surface area (Å²) in [5.41, 5.74) is 5.88. The maximum absolute atomic E-state index is 13.7. The minimum Gasteiger partial charge on any atom is -0.380 e. The predicted octanol–water partition coefficient (Wildman–Crippen LogP) is 1.69.